The molecule has 2 aromatic heterocycles. The van der Waals surface area contributed by atoms with Crippen molar-refractivity contribution in [1.29, 1.82) is 0 Å². The Labute approximate surface area is 302 Å². The van der Waals surface area contributed by atoms with Gasteiger partial charge in [-0.05, 0) is 80.6 Å². The molecule has 0 N–H and O–H groups in total. The van der Waals surface area contributed by atoms with Gasteiger partial charge in [0.05, 0.1) is 11.4 Å². The fraction of sp³-hybridized carbons (Fsp3) is 0.0612. The molecule has 9 aromatic rings. The molecule has 0 saturated heterocycles. The standard InChI is InChI=1S/C49H34N2O/c1-49(2)41-20-11-19-39(47(41)40-27-35-14-6-7-15-36(35)28-42(40)49)44-30-43(50-48(51-44)33-12-4-3-5-13-33)32-24-22-31(23-25-32)34-17-10-18-37(26-34)46-29-38-16-8-9-21-45(38)52-46/h3-30H,1-2H3. The van der Waals surface area contributed by atoms with Crippen LogP contribution >= 0.6 is 0 Å². The Morgan fingerprint density at radius 2 is 1.08 bits per heavy atom. The molecule has 0 amide bonds. The predicted molar refractivity (Wildman–Crippen MR) is 214 cm³/mol. The van der Waals surface area contributed by atoms with E-state index in [9.17, 15) is 0 Å². The second kappa shape index (κ2) is 11.8. The van der Waals surface area contributed by atoms with Gasteiger partial charge in [-0.15, -0.1) is 0 Å². The minimum Gasteiger partial charge on any atom is -0.456 e. The minimum atomic E-state index is -0.139. The van der Waals surface area contributed by atoms with Gasteiger partial charge in [0, 0.05) is 33.1 Å². The van der Waals surface area contributed by atoms with Crippen LogP contribution < -0.4 is 0 Å². The Hall–Kier alpha value is -6.58. The first-order valence-electron chi connectivity index (χ1n) is 17.8. The lowest BCUT2D eigenvalue weighted by Gasteiger charge is -2.22. The van der Waals surface area contributed by atoms with Crippen LogP contribution in [0.4, 0.5) is 0 Å². The van der Waals surface area contributed by atoms with Crippen LogP contribution in [0.2, 0.25) is 0 Å². The lowest BCUT2D eigenvalue weighted by molar-refractivity contribution is 0.631. The van der Waals surface area contributed by atoms with Crippen LogP contribution in [0.1, 0.15) is 25.0 Å². The molecule has 0 fully saturated rings. The number of furan rings is 1. The second-order valence-electron chi connectivity index (χ2n) is 14.2. The van der Waals surface area contributed by atoms with E-state index >= 15 is 0 Å². The average Bonchev–Trinajstić information content (AvgIpc) is 3.74. The maximum atomic E-state index is 6.18. The number of aromatic nitrogens is 2. The molecule has 0 radical (unpaired) electrons. The molecule has 246 valence electrons. The maximum Gasteiger partial charge on any atom is 0.160 e. The Kier molecular flexibility index (Phi) is 6.84. The van der Waals surface area contributed by atoms with Gasteiger partial charge in [-0.25, -0.2) is 9.97 Å². The van der Waals surface area contributed by atoms with Crippen molar-refractivity contribution in [2.24, 2.45) is 0 Å². The molecule has 7 aromatic carbocycles. The van der Waals surface area contributed by atoms with Crippen molar-refractivity contribution in [3.8, 4) is 67.5 Å². The van der Waals surface area contributed by atoms with Gasteiger partial charge in [0.15, 0.2) is 5.82 Å². The smallest absolute Gasteiger partial charge is 0.160 e. The topological polar surface area (TPSA) is 38.9 Å². The minimum absolute atomic E-state index is 0.139. The fourth-order valence-electron chi connectivity index (χ4n) is 7.95. The number of nitrogens with zero attached hydrogens (tertiary/aromatic N) is 2. The van der Waals surface area contributed by atoms with Gasteiger partial charge in [-0.1, -0.05) is 147 Å². The van der Waals surface area contributed by atoms with E-state index in [0.717, 1.165) is 61.5 Å². The van der Waals surface area contributed by atoms with Crippen molar-refractivity contribution in [2.45, 2.75) is 19.3 Å². The molecule has 0 saturated carbocycles. The van der Waals surface area contributed by atoms with Crippen molar-refractivity contribution in [3.63, 3.8) is 0 Å². The zero-order valence-corrected chi connectivity index (χ0v) is 29.0. The zero-order valence-electron chi connectivity index (χ0n) is 29.0. The van der Waals surface area contributed by atoms with E-state index in [-0.39, 0.29) is 5.41 Å². The first-order chi connectivity index (χ1) is 25.5. The third-order valence-corrected chi connectivity index (χ3v) is 10.7. The van der Waals surface area contributed by atoms with Gasteiger partial charge >= 0.3 is 0 Å². The number of hydrogen-bond donors (Lipinski definition) is 0. The third-order valence-electron chi connectivity index (χ3n) is 10.7. The Bertz CT molecular complexity index is 2780. The van der Waals surface area contributed by atoms with Crippen molar-refractivity contribution in [2.75, 3.05) is 0 Å². The van der Waals surface area contributed by atoms with Crippen LogP contribution in [0, 0.1) is 0 Å². The van der Waals surface area contributed by atoms with E-state index in [0.29, 0.717) is 5.82 Å². The summed E-state index contributed by atoms with van der Waals surface area (Å²) in [5, 5.41) is 3.62. The highest BCUT2D eigenvalue weighted by Crippen LogP contribution is 2.53. The van der Waals surface area contributed by atoms with Gasteiger partial charge in [0.25, 0.3) is 0 Å². The third kappa shape index (κ3) is 4.97. The highest BCUT2D eigenvalue weighted by atomic mass is 16.3. The van der Waals surface area contributed by atoms with Gasteiger partial charge in [-0.3, -0.25) is 0 Å². The summed E-state index contributed by atoms with van der Waals surface area (Å²) in [7, 11) is 0. The van der Waals surface area contributed by atoms with Crippen LogP contribution in [0.15, 0.2) is 174 Å². The first kappa shape index (κ1) is 30.3. The average molecular weight is 667 g/mol. The Balaban J connectivity index is 1.08. The predicted octanol–water partition coefficient (Wildman–Crippen LogP) is 13.0. The molecule has 1 aliphatic carbocycles. The van der Waals surface area contributed by atoms with Crippen LogP contribution in [-0.2, 0) is 5.41 Å². The first-order valence-corrected chi connectivity index (χ1v) is 17.8. The molecular weight excluding hydrogens is 633 g/mol. The van der Waals surface area contributed by atoms with E-state index < -0.39 is 0 Å². The molecule has 52 heavy (non-hydrogen) atoms. The lowest BCUT2D eigenvalue weighted by atomic mass is 9.81. The van der Waals surface area contributed by atoms with E-state index in [1.165, 1.54) is 33.0 Å². The van der Waals surface area contributed by atoms with Crippen LogP contribution in [0.5, 0.6) is 0 Å². The van der Waals surface area contributed by atoms with E-state index in [2.05, 4.69) is 147 Å². The summed E-state index contributed by atoms with van der Waals surface area (Å²) >= 11 is 0. The zero-order chi connectivity index (χ0) is 34.8. The summed E-state index contributed by atoms with van der Waals surface area (Å²) in [6, 6.07) is 60.0. The summed E-state index contributed by atoms with van der Waals surface area (Å²) in [4.78, 5) is 10.4. The van der Waals surface area contributed by atoms with Crippen molar-refractivity contribution in [1.82, 2.24) is 9.97 Å². The molecule has 0 spiro atoms. The largest absolute Gasteiger partial charge is 0.456 e. The summed E-state index contributed by atoms with van der Waals surface area (Å²) in [5.74, 6) is 1.58. The highest BCUT2D eigenvalue weighted by Gasteiger charge is 2.37. The second-order valence-corrected chi connectivity index (χ2v) is 14.2. The van der Waals surface area contributed by atoms with Crippen molar-refractivity contribution >= 4 is 21.7 Å². The van der Waals surface area contributed by atoms with Crippen LogP contribution in [0.25, 0.3) is 89.2 Å². The molecular formula is C49H34N2O. The maximum absolute atomic E-state index is 6.18. The molecule has 0 aliphatic heterocycles. The van der Waals surface area contributed by atoms with E-state index in [1.54, 1.807) is 0 Å². The monoisotopic (exact) mass is 666 g/mol. The normalized spacial score (nSPS) is 13.0. The number of rotatable bonds is 5. The quantitative estimate of drug-likeness (QED) is 0.183. The molecule has 0 unspecified atom stereocenters. The van der Waals surface area contributed by atoms with Gasteiger partial charge in [0.1, 0.15) is 11.3 Å². The molecule has 1 aliphatic rings. The van der Waals surface area contributed by atoms with Gasteiger partial charge in [0.2, 0.25) is 0 Å². The van der Waals surface area contributed by atoms with E-state index in [4.69, 9.17) is 14.4 Å². The molecule has 0 bridgehead atoms. The number of hydrogen-bond acceptors (Lipinski definition) is 3. The molecule has 0 atom stereocenters. The SMILES string of the molecule is CC1(C)c2cc3ccccc3cc2-c2c(-c3cc(-c4ccc(-c5cccc(-c6cc7ccccc7o6)c5)cc4)nc(-c4ccccc4)n3)cccc21. The summed E-state index contributed by atoms with van der Waals surface area (Å²) in [5.41, 5.74) is 14.3. The van der Waals surface area contributed by atoms with Crippen LogP contribution in [-0.4, -0.2) is 9.97 Å². The molecule has 3 nitrogen and oxygen atoms in total. The summed E-state index contributed by atoms with van der Waals surface area (Å²) in [6.45, 7) is 4.68. The summed E-state index contributed by atoms with van der Waals surface area (Å²) in [6.07, 6.45) is 0. The fourth-order valence-corrected chi connectivity index (χ4v) is 7.95. The summed E-state index contributed by atoms with van der Waals surface area (Å²) < 4.78 is 6.18. The van der Waals surface area contributed by atoms with Crippen molar-refractivity contribution in [3.05, 3.63) is 181 Å². The number of fused-ring (bicyclic) bond motifs is 5. The molecule has 3 heteroatoms. The highest BCUT2D eigenvalue weighted by molar-refractivity contribution is 5.98. The van der Waals surface area contributed by atoms with Crippen molar-refractivity contribution < 1.29 is 4.42 Å². The molecule has 10 rings (SSSR count). The van der Waals surface area contributed by atoms with Crippen LogP contribution in [0.3, 0.4) is 0 Å². The Morgan fingerprint density at radius 1 is 0.423 bits per heavy atom. The number of benzene rings is 7. The molecule has 2 heterocycles. The lowest BCUT2D eigenvalue weighted by Crippen LogP contribution is -2.14. The van der Waals surface area contributed by atoms with Gasteiger partial charge in [-0.2, -0.15) is 0 Å². The Morgan fingerprint density at radius 3 is 1.88 bits per heavy atom. The number of para-hydroxylation sites is 1. The van der Waals surface area contributed by atoms with E-state index in [1.807, 2.05) is 36.4 Å². The van der Waals surface area contributed by atoms with Gasteiger partial charge < -0.3 is 4.42 Å².